The molecule has 0 aliphatic carbocycles. The third-order valence-electron chi connectivity index (χ3n) is 1.52. The largest absolute Gasteiger partial charge is 0.449 e. The van der Waals surface area contributed by atoms with E-state index in [1.165, 1.54) is 0 Å². The van der Waals surface area contributed by atoms with Crippen LogP contribution in [0.25, 0.3) is 0 Å². The van der Waals surface area contributed by atoms with E-state index in [9.17, 15) is 18.9 Å². The van der Waals surface area contributed by atoms with Crippen LogP contribution < -0.4 is 5.90 Å². The predicted octanol–water partition coefficient (Wildman–Crippen LogP) is 1.26. The summed E-state index contributed by atoms with van der Waals surface area (Å²) in [4.78, 5) is 9.08. The van der Waals surface area contributed by atoms with Crippen LogP contribution in [0.1, 0.15) is 0 Å². The molecule has 0 saturated carbocycles. The summed E-state index contributed by atoms with van der Waals surface area (Å²) in [6, 6.07) is 2.91. The summed E-state index contributed by atoms with van der Waals surface area (Å²) in [6.45, 7) is 0. The molecule has 1 aromatic rings. The Labute approximate surface area is 90.3 Å². The van der Waals surface area contributed by atoms with Crippen LogP contribution in [0.5, 0.6) is 0 Å². The molecular formula is C6H5ClN2O5S+. The summed E-state index contributed by atoms with van der Waals surface area (Å²) in [5.74, 6) is 4.52. The van der Waals surface area contributed by atoms with E-state index < -0.39 is 26.0 Å². The molecule has 1 atom stereocenters. The summed E-state index contributed by atoms with van der Waals surface area (Å²) in [6.07, 6.45) is 0. The van der Waals surface area contributed by atoms with Crippen LogP contribution in [-0.2, 0) is 23.5 Å². The molecule has 1 rings (SSSR count). The molecule has 0 aliphatic rings. The van der Waals surface area contributed by atoms with Crippen molar-refractivity contribution in [3.05, 3.63) is 33.3 Å². The third kappa shape index (κ3) is 2.49. The van der Waals surface area contributed by atoms with E-state index in [1.807, 2.05) is 0 Å². The highest BCUT2D eigenvalue weighted by atomic mass is 35.5. The molecule has 1 unspecified atom stereocenters. The Morgan fingerprint density at radius 3 is 2.60 bits per heavy atom. The minimum Gasteiger partial charge on any atom is -0.258 e. The van der Waals surface area contributed by atoms with Gasteiger partial charge >= 0.3 is 10.5 Å². The van der Waals surface area contributed by atoms with Crippen LogP contribution in [0, 0.1) is 10.1 Å². The van der Waals surface area contributed by atoms with Crippen molar-refractivity contribution in [2.24, 2.45) is 5.90 Å². The topological polar surface area (TPSA) is 115 Å². The molecular weight excluding hydrogens is 248 g/mol. The van der Waals surface area contributed by atoms with Crippen molar-refractivity contribution in [1.29, 1.82) is 0 Å². The molecule has 0 amide bonds. The van der Waals surface area contributed by atoms with Crippen molar-refractivity contribution >= 4 is 27.8 Å². The second-order valence-corrected chi connectivity index (χ2v) is 4.37. The molecule has 2 N–H and O–H groups in total. The van der Waals surface area contributed by atoms with Crippen LogP contribution in [0.3, 0.4) is 0 Å². The van der Waals surface area contributed by atoms with E-state index in [1.54, 1.807) is 0 Å². The number of nitrogens with two attached hydrogens (primary N) is 1. The van der Waals surface area contributed by atoms with Gasteiger partial charge in [-0.2, -0.15) is 5.90 Å². The number of nitro groups is 1. The molecule has 7 nitrogen and oxygen atoms in total. The minimum atomic E-state index is -4.24. The van der Waals surface area contributed by atoms with Crippen molar-refractivity contribution in [3.8, 4) is 0 Å². The first kappa shape index (κ1) is 12.0. The van der Waals surface area contributed by atoms with Gasteiger partial charge in [0, 0.05) is 6.07 Å². The zero-order valence-corrected chi connectivity index (χ0v) is 8.66. The molecule has 0 aliphatic heterocycles. The zero-order valence-electron chi connectivity index (χ0n) is 7.08. The molecule has 1 aromatic carbocycles. The molecule has 0 aromatic heterocycles. The fraction of sp³-hybridized carbons (Fsp3) is 0. The number of hydrogen-bond acceptors (Lipinski definition) is 5. The van der Waals surface area contributed by atoms with Gasteiger partial charge in [-0.3, -0.25) is 10.1 Å². The number of nitro benzene ring substituents is 1. The van der Waals surface area contributed by atoms with Gasteiger partial charge in [-0.05, 0) is 14.6 Å². The Morgan fingerprint density at radius 1 is 1.53 bits per heavy atom. The Hall–Kier alpha value is -1.06. The predicted molar refractivity (Wildman–Crippen MR) is 50.4 cm³/mol. The first-order valence-electron chi connectivity index (χ1n) is 3.46. The molecule has 9 heteroatoms. The van der Waals surface area contributed by atoms with Crippen molar-refractivity contribution < 1.29 is 18.0 Å². The lowest BCUT2D eigenvalue weighted by Gasteiger charge is -1.98. The second-order valence-electron chi connectivity index (χ2n) is 2.42. The normalized spacial score (nSPS) is 14.6. The van der Waals surface area contributed by atoms with Crippen LogP contribution in [0.2, 0.25) is 5.02 Å². The van der Waals surface area contributed by atoms with Crippen molar-refractivity contribution in [2.75, 3.05) is 0 Å². The van der Waals surface area contributed by atoms with Crippen LogP contribution in [0.15, 0.2) is 23.1 Å². The Bertz CT molecular complexity index is 451. The monoisotopic (exact) mass is 252 g/mol. The zero-order chi connectivity index (χ0) is 11.6. The molecule has 0 heterocycles. The fourth-order valence-corrected chi connectivity index (χ4v) is 1.93. The Balaban J connectivity index is 3.35. The van der Waals surface area contributed by atoms with E-state index >= 15 is 0 Å². The molecule has 81 valence electrons. The lowest BCUT2D eigenvalue weighted by Crippen LogP contribution is -2.17. The van der Waals surface area contributed by atoms with Crippen LogP contribution in [-0.4, -0.2) is 4.92 Å². The lowest BCUT2D eigenvalue weighted by atomic mass is 10.3. The van der Waals surface area contributed by atoms with Crippen molar-refractivity contribution in [1.82, 2.24) is 0 Å². The van der Waals surface area contributed by atoms with Gasteiger partial charge in [0.15, 0.2) is 0 Å². The third-order valence-corrected chi connectivity index (χ3v) is 3.09. The van der Waals surface area contributed by atoms with Gasteiger partial charge in [0.2, 0.25) is 0 Å². The van der Waals surface area contributed by atoms with E-state index in [0.717, 1.165) is 18.2 Å². The van der Waals surface area contributed by atoms with E-state index in [0.29, 0.717) is 0 Å². The van der Waals surface area contributed by atoms with Gasteiger partial charge in [-0.1, -0.05) is 11.6 Å². The standard InChI is InChI=1S/C6H5ClN2O5S/c7-5-2-1-4(9(10)11)3-6(5)15(12,13)14-8/h1-3H,8H2/q+1. The quantitative estimate of drug-likeness (QED) is 0.494. The number of non-ortho nitro benzene ring substituents is 1. The van der Waals surface area contributed by atoms with Crippen LogP contribution >= 0.6 is 11.6 Å². The summed E-state index contributed by atoms with van der Waals surface area (Å²) in [7, 11) is -4.24. The van der Waals surface area contributed by atoms with E-state index in [4.69, 9.17) is 11.6 Å². The Morgan fingerprint density at radius 2 is 2.13 bits per heavy atom. The highest BCUT2D eigenvalue weighted by molar-refractivity contribution is 7.93. The molecule has 0 saturated heterocycles. The number of halogens is 1. The maximum absolute atomic E-state index is 11.1. The van der Waals surface area contributed by atoms with Gasteiger partial charge < -0.3 is 0 Å². The van der Waals surface area contributed by atoms with Crippen LogP contribution in [0.4, 0.5) is 5.69 Å². The number of nitrogens with zero attached hydrogens (tertiary/aromatic N) is 1. The lowest BCUT2D eigenvalue weighted by molar-refractivity contribution is -0.385. The highest BCUT2D eigenvalue weighted by Crippen LogP contribution is 2.29. The summed E-state index contributed by atoms with van der Waals surface area (Å²) in [5.41, 5.74) is -0.421. The molecule has 0 fully saturated rings. The molecule has 0 bridgehead atoms. The number of benzene rings is 1. The minimum absolute atomic E-state index is 0.203. The van der Waals surface area contributed by atoms with Crippen molar-refractivity contribution in [3.63, 3.8) is 0 Å². The summed E-state index contributed by atoms with van der Waals surface area (Å²) in [5, 5.41) is 10.2. The number of hydrogen-bond donors (Lipinski definition) is 1. The maximum atomic E-state index is 11.1. The molecule has 0 spiro atoms. The second kappa shape index (κ2) is 4.21. The van der Waals surface area contributed by atoms with Gasteiger partial charge in [-0.25, -0.2) is 0 Å². The van der Waals surface area contributed by atoms with Gasteiger partial charge in [0.1, 0.15) is 5.02 Å². The fourth-order valence-electron chi connectivity index (χ4n) is 0.849. The SMILES string of the molecule is NO[S+]([O])(=O)c1cc([N+](=O)[O-])ccc1Cl. The Kier molecular flexibility index (Phi) is 3.37. The molecule has 1 radical (unpaired) electrons. The van der Waals surface area contributed by atoms with E-state index in [2.05, 4.69) is 10.2 Å². The van der Waals surface area contributed by atoms with Gasteiger partial charge in [0.25, 0.3) is 10.6 Å². The molecule has 15 heavy (non-hydrogen) atoms. The first-order valence-corrected chi connectivity index (χ1v) is 5.24. The number of rotatable bonds is 3. The summed E-state index contributed by atoms with van der Waals surface area (Å²) < 4.78 is 26.0. The van der Waals surface area contributed by atoms with E-state index in [-0.39, 0.29) is 5.02 Å². The average molecular weight is 253 g/mol. The average Bonchev–Trinajstić information content (AvgIpc) is 2.17. The highest BCUT2D eigenvalue weighted by Gasteiger charge is 2.38. The van der Waals surface area contributed by atoms with Gasteiger partial charge in [0.05, 0.1) is 15.5 Å². The van der Waals surface area contributed by atoms with Gasteiger partial charge in [-0.15, -0.1) is 0 Å². The van der Waals surface area contributed by atoms with Crippen molar-refractivity contribution in [2.45, 2.75) is 4.90 Å². The first-order chi connectivity index (χ1) is 6.88. The smallest absolute Gasteiger partial charge is 0.258 e. The maximum Gasteiger partial charge on any atom is 0.449 e. The summed E-state index contributed by atoms with van der Waals surface area (Å²) >= 11 is 5.53.